The van der Waals surface area contributed by atoms with E-state index in [1.807, 2.05) is 17.0 Å². The number of hydrogen-bond donors (Lipinski definition) is 0. The Hall–Kier alpha value is -3.30. The second kappa shape index (κ2) is 10.5. The summed E-state index contributed by atoms with van der Waals surface area (Å²) in [6.07, 6.45) is 2.23. The van der Waals surface area contributed by atoms with Gasteiger partial charge in [-0.25, -0.2) is 4.39 Å². The zero-order chi connectivity index (χ0) is 21.3. The van der Waals surface area contributed by atoms with Gasteiger partial charge in [0.05, 0.1) is 37.4 Å². The molecule has 1 aromatic heterocycles. The lowest BCUT2D eigenvalue weighted by Gasteiger charge is -2.32. The van der Waals surface area contributed by atoms with Crippen molar-refractivity contribution in [1.82, 2.24) is 19.9 Å². The summed E-state index contributed by atoms with van der Waals surface area (Å²) in [7, 11) is 0. The lowest BCUT2D eigenvalue weighted by molar-refractivity contribution is -0.132. The molecule has 1 fully saturated rings. The predicted octanol–water partition coefficient (Wildman–Crippen LogP) is 2.71. The Morgan fingerprint density at radius 1 is 1.30 bits per heavy atom. The summed E-state index contributed by atoms with van der Waals surface area (Å²) in [5.74, 6) is 0.368. The first-order valence-electron chi connectivity index (χ1n) is 9.94. The van der Waals surface area contributed by atoms with Crippen molar-refractivity contribution >= 4 is 5.91 Å². The zero-order valence-corrected chi connectivity index (χ0v) is 16.6. The fourth-order valence-electron chi connectivity index (χ4n) is 3.57. The lowest BCUT2D eigenvalue weighted by Crippen LogP contribution is -2.44. The van der Waals surface area contributed by atoms with Gasteiger partial charge in [-0.05, 0) is 31.5 Å². The lowest BCUT2D eigenvalue weighted by atomic mass is 9.98. The largest absolute Gasteiger partial charge is 0.340 e. The average molecular weight is 410 g/mol. The van der Waals surface area contributed by atoms with Crippen molar-refractivity contribution < 1.29 is 13.7 Å². The highest BCUT2D eigenvalue weighted by atomic mass is 19.1. The van der Waals surface area contributed by atoms with E-state index in [0.717, 1.165) is 19.4 Å². The van der Waals surface area contributed by atoms with Gasteiger partial charge in [0.25, 0.3) is 0 Å². The van der Waals surface area contributed by atoms with E-state index in [9.17, 15) is 9.18 Å². The fourth-order valence-corrected chi connectivity index (χ4v) is 3.57. The highest BCUT2D eigenvalue weighted by molar-refractivity contribution is 5.78. The van der Waals surface area contributed by atoms with E-state index in [1.54, 1.807) is 17.0 Å². The number of nitrogens with zero attached hydrogens (tertiary/aromatic N) is 6. The maximum atomic E-state index is 13.4. The molecule has 0 bridgehead atoms. The summed E-state index contributed by atoms with van der Waals surface area (Å²) in [4.78, 5) is 20.7. The number of halogens is 1. The van der Waals surface area contributed by atoms with Crippen molar-refractivity contribution in [3.8, 4) is 23.5 Å². The van der Waals surface area contributed by atoms with Gasteiger partial charge in [-0.3, -0.25) is 9.69 Å². The predicted molar refractivity (Wildman–Crippen MR) is 105 cm³/mol. The zero-order valence-electron chi connectivity index (χ0n) is 16.6. The van der Waals surface area contributed by atoms with Crippen LogP contribution in [-0.2, 0) is 4.79 Å². The van der Waals surface area contributed by atoms with Gasteiger partial charge in [0.15, 0.2) is 0 Å². The Morgan fingerprint density at radius 3 is 2.77 bits per heavy atom. The first-order valence-corrected chi connectivity index (χ1v) is 9.94. The quantitative estimate of drug-likeness (QED) is 0.658. The summed E-state index contributed by atoms with van der Waals surface area (Å²) < 4.78 is 18.9. The van der Waals surface area contributed by atoms with Gasteiger partial charge >= 0.3 is 0 Å². The second-order valence-electron chi connectivity index (χ2n) is 7.24. The summed E-state index contributed by atoms with van der Waals surface area (Å²) in [5.41, 5.74) is 0.554. The number of aromatic nitrogens is 2. The monoisotopic (exact) mass is 410 g/mol. The average Bonchev–Trinajstić information content (AvgIpc) is 3.24. The Balaban J connectivity index is 1.62. The molecular weight excluding hydrogens is 387 g/mol. The number of piperidine rings is 1. The molecule has 1 saturated heterocycles. The Morgan fingerprint density at radius 2 is 2.07 bits per heavy atom. The van der Waals surface area contributed by atoms with Crippen molar-refractivity contribution in [3.63, 3.8) is 0 Å². The van der Waals surface area contributed by atoms with Gasteiger partial charge in [0.2, 0.25) is 17.6 Å². The van der Waals surface area contributed by atoms with E-state index in [1.165, 1.54) is 12.1 Å². The first kappa shape index (κ1) is 21.4. The van der Waals surface area contributed by atoms with Crippen molar-refractivity contribution in [2.75, 3.05) is 32.7 Å². The molecule has 30 heavy (non-hydrogen) atoms. The van der Waals surface area contributed by atoms with E-state index < -0.39 is 0 Å². The SMILES string of the molecule is N#CCCN(CCC#N)C(=O)CN1CCCC(c2nc(-c3cccc(F)c3)no2)C1. The van der Waals surface area contributed by atoms with E-state index in [4.69, 9.17) is 15.0 Å². The summed E-state index contributed by atoms with van der Waals surface area (Å²) in [6, 6.07) is 10.1. The van der Waals surface area contributed by atoms with Gasteiger partial charge in [0, 0.05) is 25.2 Å². The number of rotatable bonds is 8. The number of benzene rings is 1. The Kier molecular flexibility index (Phi) is 7.47. The minimum Gasteiger partial charge on any atom is -0.340 e. The smallest absolute Gasteiger partial charge is 0.236 e. The maximum Gasteiger partial charge on any atom is 0.236 e. The molecule has 0 saturated carbocycles. The third-order valence-electron chi connectivity index (χ3n) is 5.08. The van der Waals surface area contributed by atoms with Gasteiger partial charge in [-0.1, -0.05) is 17.3 Å². The molecule has 0 spiro atoms. The Bertz CT molecular complexity index is 929. The molecule has 1 aliphatic heterocycles. The van der Waals surface area contributed by atoms with Gasteiger partial charge < -0.3 is 9.42 Å². The Labute approximate surface area is 174 Å². The highest BCUT2D eigenvalue weighted by Gasteiger charge is 2.28. The molecule has 3 rings (SSSR count). The van der Waals surface area contributed by atoms with Crippen molar-refractivity contribution in [3.05, 3.63) is 36.0 Å². The fraction of sp³-hybridized carbons (Fsp3) is 0.476. The van der Waals surface area contributed by atoms with Crippen LogP contribution in [-0.4, -0.2) is 58.6 Å². The minimum atomic E-state index is -0.362. The van der Waals surface area contributed by atoms with Crippen LogP contribution in [0.1, 0.15) is 37.5 Å². The molecule has 0 aliphatic carbocycles. The van der Waals surface area contributed by atoms with Crippen LogP contribution in [0.2, 0.25) is 0 Å². The molecule has 1 aromatic carbocycles. The van der Waals surface area contributed by atoms with E-state index >= 15 is 0 Å². The molecule has 156 valence electrons. The van der Waals surface area contributed by atoms with Crippen molar-refractivity contribution in [1.29, 1.82) is 10.5 Å². The van der Waals surface area contributed by atoms with Crippen LogP contribution in [0.15, 0.2) is 28.8 Å². The molecule has 1 atom stereocenters. The van der Waals surface area contributed by atoms with E-state index in [-0.39, 0.29) is 37.0 Å². The second-order valence-corrected chi connectivity index (χ2v) is 7.24. The van der Waals surface area contributed by atoms with E-state index in [2.05, 4.69) is 10.1 Å². The number of nitriles is 2. The third-order valence-corrected chi connectivity index (χ3v) is 5.08. The number of hydrogen-bond acceptors (Lipinski definition) is 7. The topological polar surface area (TPSA) is 110 Å². The van der Waals surface area contributed by atoms with Crippen LogP contribution >= 0.6 is 0 Å². The molecule has 2 heterocycles. The van der Waals surface area contributed by atoms with Gasteiger partial charge in [-0.15, -0.1) is 0 Å². The molecule has 2 aromatic rings. The molecule has 1 amide bonds. The molecule has 0 radical (unpaired) electrons. The van der Waals surface area contributed by atoms with Crippen LogP contribution in [0.4, 0.5) is 4.39 Å². The molecule has 1 aliphatic rings. The number of likely N-dealkylation sites (tertiary alicyclic amines) is 1. The molecule has 0 N–H and O–H groups in total. The molecule has 1 unspecified atom stereocenters. The number of carbonyl (C=O) groups excluding carboxylic acids is 1. The number of carbonyl (C=O) groups is 1. The van der Waals surface area contributed by atoms with Crippen molar-refractivity contribution in [2.24, 2.45) is 0 Å². The van der Waals surface area contributed by atoms with Gasteiger partial charge in [0.1, 0.15) is 5.82 Å². The highest BCUT2D eigenvalue weighted by Crippen LogP contribution is 2.27. The normalized spacial score (nSPS) is 16.6. The molecule has 9 heteroatoms. The molecular formula is C21H23FN6O2. The standard InChI is InChI=1S/C21H23FN6O2/c22-18-7-1-5-16(13-18)20-25-21(30-26-20)17-6-2-10-27(14-17)15-19(29)28(11-3-8-23)12-4-9-24/h1,5,7,13,17H,2-4,6,10-12,14-15H2. The molecule has 8 nitrogen and oxygen atoms in total. The summed E-state index contributed by atoms with van der Waals surface area (Å²) >= 11 is 0. The van der Waals surface area contributed by atoms with Crippen LogP contribution in [0.25, 0.3) is 11.4 Å². The van der Waals surface area contributed by atoms with Crippen molar-refractivity contribution in [2.45, 2.75) is 31.6 Å². The first-order chi connectivity index (χ1) is 14.6. The summed E-state index contributed by atoms with van der Waals surface area (Å²) in [5, 5.41) is 21.6. The van der Waals surface area contributed by atoms with Crippen LogP contribution < -0.4 is 0 Å². The van der Waals surface area contributed by atoms with E-state index in [0.29, 0.717) is 36.9 Å². The minimum absolute atomic E-state index is 0.00646. The van der Waals surface area contributed by atoms with Crippen LogP contribution in [0, 0.1) is 28.5 Å². The maximum absolute atomic E-state index is 13.4. The third kappa shape index (κ3) is 5.62. The van der Waals surface area contributed by atoms with Crippen LogP contribution in [0.3, 0.4) is 0 Å². The van der Waals surface area contributed by atoms with Gasteiger partial charge in [-0.2, -0.15) is 15.5 Å². The van der Waals surface area contributed by atoms with Crippen LogP contribution in [0.5, 0.6) is 0 Å². The number of amides is 1. The summed E-state index contributed by atoms with van der Waals surface area (Å²) in [6.45, 7) is 2.25.